The zero-order valence-corrected chi connectivity index (χ0v) is 11.3. The maximum Gasteiger partial charge on any atom is 0.223 e. The van der Waals surface area contributed by atoms with Crippen molar-refractivity contribution in [1.29, 1.82) is 0 Å². The van der Waals surface area contributed by atoms with E-state index in [9.17, 15) is 0 Å². The number of aromatic nitrogens is 3. The Bertz CT molecular complexity index is 375. The summed E-state index contributed by atoms with van der Waals surface area (Å²) in [6.07, 6.45) is 5.41. The molecule has 1 saturated carbocycles. The zero-order valence-electron chi connectivity index (χ0n) is 10.5. The lowest BCUT2D eigenvalue weighted by molar-refractivity contribution is 0.749. The third-order valence-electron chi connectivity index (χ3n) is 2.98. The lowest BCUT2D eigenvalue weighted by atomic mass is 10.2. The van der Waals surface area contributed by atoms with Crippen molar-refractivity contribution >= 4 is 17.7 Å². The number of rotatable bonds is 4. The van der Waals surface area contributed by atoms with Crippen molar-refractivity contribution < 1.29 is 0 Å². The first-order valence-electron chi connectivity index (χ1n) is 6.27. The van der Waals surface area contributed by atoms with Gasteiger partial charge in [0.25, 0.3) is 0 Å². The van der Waals surface area contributed by atoms with Crippen LogP contribution in [0.2, 0.25) is 0 Å². The molecule has 1 aliphatic carbocycles. The van der Waals surface area contributed by atoms with Crippen LogP contribution in [-0.4, -0.2) is 20.2 Å². The van der Waals surface area contributed by atoms with Gasteiger partial charge in [-0.1, -0.05) is 26.7 Å². The van der Waals surface area contributed by atoms with Crippen LogP contribution in [0.4, 0.5) is 5.95 Å². The molecule has 4 nitrogen and oxygen atoms in total. The Kier molecular flexibility index (Phi) is 4.20. The Morgan fingerprint density at radius 2 is 1.94 bits per heavy atom. The van der Waals surface area contributed by atoms with E-state index in [1.165, 1.54) is 25.7 Å². The minimum absolute atomic E-state index is 0.301. The molecular formula is C12H20N4S. The largest absolute Gasteiger partial charge is 0.368 e. The second-order valence-corrected chi connectivity index (χ2v) is 6.13. The molecule has 0 aromatic carbocycles. The Hall–Kier alpha value is -0.840. The van der Waals surface area contributed by atoms with Crippen molar-refractivity contribution in [3.63, 3.8) is 0 Å². The third-order valence-corrected chi connectivity index (χ3v) is 4.35. The van der Waals surface area contributed by atoms with Crippen molar-refractivity contribution in [3.8, 4) is 0 Å². The van der Waals surface area contributed by atoms with E-state index in [4.69, 9.17) is 5.73 Å². The van der Waals surface area contributed by atoms with Gasteiger partial charge in [-0.3, -0.25) is 0 Å². The van der Waals surface area contributed by atoms with Crippen LogP contribution in [0.1, 0.15) is 57.1 Å². The second kappa shape index (κ2) is 5.67. The molecule has 0 spiro atoms. The number of thioether (sulfide) groups is 1. The predicted octanol–water partition coefficient (Wildman–Crippen LogP) is 2.75. The molecule has 1 fully saturated rings. The minimum Gasteiger partial charge on any atom is -0.368 e. The van der Waals surface area contributed by atoms with E-state index in [2.05, 4.69) is 28.8 Å². The highest BCUT2D eigenvalue weighted by Crippen LogP contribution is 2.31. The van der Waals surface area contributed by atoms with Gasteiger partial charge in [0.05, 0.1) is 5.75 Å². The maximum absolute atomic E-state index is 5.71. The number of hydrogen-bond donors (Lipinski definition) is 1. The summed E-state index contributed by atoms with van der Waals surface area (Å²) in [5.41, 5.74) is 5.71. The van der Waals surface area contributed by atoms with E-state index in [0.717, 1.165) is 22.7 Å². The van der Waals surface area contributed by atoms with E-state index in [1.807, 2.05) is 11.8 Å². The normalized spacial score (nSPS) is 16.9. The lowest BCUT2D eigenvalue weighted by Crippen LogP contribution is -2.08. The van der Waals surface area contributed by atoms with Crippen molar-refractivity contribution in [1.82, 2.24) is 15.0 Å². The Morgan fingerprint density at radius 3 is 2.59 bits per heavy atom. The van der Waals surface area contributed by atoms with Crippen LogP contribution in [-0.2, 0) is 5.75 Å². The molecule has 1 heterocycles. The van der Waals surface area contributed by atoms with Gasteiger partial charge in [0.2, 0.25) is 5.95 Å². The highest BCUT2D eigenvalue weighted by molar-refractivity contribution is 7.99. The molecule has 0 atom stereocenters. The van der Waals surface area contributed by atoms with Crippen LogP contribution in [0.25, 0.3) is 0 Å². The van der Waals surface area contributed by atoms with Gasteiger partial charge in [-0.05, 0) is 12.8 Å². The first kappa shape index (κ1) is 12.6. The molecular weight excluding hydrogens is 232 g/mol. The summed E-state index contributed by atoms with van der Waals surface area (Å²) in [7, 11) is 0. The van der Waals surface area contributed by atoms with Crippen LogP contribution in [0.15, 0.2) is 0 Å². The van der Waals surface area contributed by atoms with E-state index in [-0.39, 0.29) is 0 Å². The zero-order chi connectivity index (χ0) is 12.3. The molecule has 1 aromatic heterocycles. The number of nitrogen functional groups attached to an aromatic ring is 1. The fraction of sp³-hybridized carbons (Fsp3) is 0.750. The van der Waals surface area contributed by atoms with Crippen LogP contribution in [0, 0.1) is 0 Å². The molecule has 1 aromatic rings. The molecule has 5 heteroatoms. The first-order chi connectivity index (χ1) is 8.15. The average Bonchev–Trinajstić information content (AvgIpc) is 2.78. The molecule has 0 radical (unpaired) electrons. The Morgan fingerprint density at radius 1 is 1.24 bits per heavy atom. The fourth-order valence-electron chi connectivity index (χ4n) is 2.03. The Balaban J connectivity index is 1.99. The van der Waals surface area contributed by atoms with Crippen LogP contribution < -0.4 is 5.73 Å². The van der Waals surface area contributed by atoms with Gasteiger partial charge in [-0.2, -0.15) is 21.7 Å². The minimum atomic E-state index is 0.301. The van der Waals surface area contributed by atoms with E-state index in [1.54, 1.807) is 0 Å². The molecule has 0 saturated heterocycles. The number of anilines is 1. The molecule has 17 heavy (non-hydrogen) atoms. The average molecular weight is 252 g/mol. The molecule has 94 valence electrons. The van der Waals surface area contributed by atoms with Crippen molar-refractivity contribution in [2.45, 2.75) is 56.5 Å². The summed E-state index contributed by atoms with van der Waals surface area (Å²) in [4.78, 5) is 12.8. The molecule has 1 aliphatic rings. The predicted molar refractivity (Wildman–Crippen MR) is 71.9 cm³/mol. The van der Waals surface area contributed by atoms with Gasteiger partial charge >= 0.3 is 0 Å². The maximum atomic E-state index is 5.71. The topological polar surface area (TPSA) is 64.7 Å². The van der Waals surface area contributed by atoms with Crippen LogP contribution >= 0.6 is 11.8 Å². The molecule has 0 aliphatic heterocycles. The highest BCUT2D eigenvalue weighted by atomic mass is 32.2. The molecule has 2 N–H and O–H groups in total. The second-order valence-electron chi connectivity index (χ2n) is 4.84. The van der Waals surface area contributed by atoms with Gasteiger partial charge < -0.3 is 5.73 Å². The number of nitrogens with zero attached hydrogens (tertiary/aromatic N) is 3. The smallest absolute Gasteiger partial charge is 0.223 e. The summed E-state index contributed by atoms with van der Waals surface area (Å²) < 4.78 is 0. The van der Waals surface area contributed by atoms with E-state index >= 15 is 0 Å². The monoisotopic (exact) mass is 252 g/mol. The molecule has 0 unspecified atom stereocenters. The van der Waals surface area contributed by atoms with Crippen molar-refractivity contribution in [3.05, 3.63) is 11.6 Å². The first-order valence-corrected chi connectivity index (χ1v) is 7.32. The third kappa shape index (κ3) is 3.56. The quantitative estimate of drug-likeness (QED) is 0.892. The fourth-order valence-corrected chi connectivity index (χ4v) is 3.21. The van der Waals surface area contributed by atoms with Gasteiger partial charge in [0, 0.05) is 11.2 Å². The summed E-state index contributed by atoms with van der Waals surface area (Å²) in [6.45, 7) is 4.14. The standard InChI is InChI=1S/C12H20N4S/c1-8(2)11-14-10(15-12(13)16-11)7-17-9-5-3-4-6-9/h8-9H,3-7H2,1-2H3,(H2,13,14,15,16). The summed E-state index contributed by atoms with van der Waals surface area (Å²) >= 11 is 1.96. The van der Waals surface area contributed by atoms with Crippen LogP contribution in [0.5, 0.6) is 0 Å². The highest BCUT2D eigenvalue weighted by Gasteiger charge is 2.16. The van der Waals surface area contributed by atoms with E-state index in [0.29, 0.717) is 11.9 Å². The Labute approximate surface area is 107 Å². The molecule has 0 bridgehead atoms. The lowest BCUT2D eigenvalue weighted by Gasteiger charge is -2.09. The molecule has 0 amide bonds. The summed E-state index contributed by atoms with van der Waals surface area (Å²) in [5, 5.41) is 0.787. The SMILES string of the molecule is CC(C)c1nc(N)nc(CSC2CCCC2)n1. The van der Waals surface area contributed by atoms with Gasteiger partial charge in [0.15, 0.2) is 0 Å². The molecule has 2 rings (SSSR count). The summed E-state index contributed by atoms with van der Waals surface area (Å²) in [6, 6.07) is 0. The number of hydrogen-bond acceptors (Lipinski definition) is 5. The van der Waals surface area contributed by atoms with Crippen molar-refractivity contribution in [2.24, 2.45) is 0 Å². The van der Waals surface area contributed by atoms with Crippen LogP contribution in [0.3, 0.4) is 0 Å². The van der Waals surface area contributed by atoms with E-state index < -0.39 is 0 Å². The number of nitrogens with two attached hydrogens (primary N) is 1. The van der Waals surface area contributed by atoms with Gasteiger partial charge in [-0.25, -0.2) is 4.98 Å². The van der Waals surface area contributed by atoms with Gasteiger partial charge in [-0.15, -0.1) is 0 Å². The summed E-state index contributed by atoms with van der Waals surface area (Å²) in [5.74, 6) is 3.15. The van der Waals surface area contributed by atoms with Crippen molar-refractivity contribution in [2.75, 3.05) is 5.73 Å². The van der Waals surface area contributed by atoms with Gasteiger partial charge in [0.1, 0.15) is 11.6 Å².